The van der Waals surface area contributed by atoms with E-state index in [0.717, 1.165) is 37.4 Å². The van der Waals surface area contributed by atoms with E-state index in [0.29, 0.717) is 11.9 Å². The van der Waals surface area contributed by atoms with Gasteiger partial charge in [-0.15, -0.1) is 11.8 Å². The molecular formula is C16H27N3OS. The highest BCUT2D eigenvalue weighted by atomic mass is 32.2. The van der Waals surface area contributed by atoms with Gasteiger partial charge in [0.2, 0.25) is 0 Å². The van der Waals surface area contributed by atoms with Crippen LogP contribution in [-0.4, -0.2) is 31.9 Å². The van der Waals surface area contributed by atoms with Crippen molar-refractivity contribution in [1.82, 2.24) is 5.32 Å². The smallest absolute Gasteiger partial charge is 0.188 e. The molecule has 1 unspecified atom stereocenters. The summed E-state index contributed by atoms with van der Waals surface area (Å²) in [5, 5.41) is 3.13. The lowest BCUT2D eigenvalue weighted by molar-refractivity contribution is 0.405. The van der Waals surface area contributed by atoms with Gasteiger partial charge in [0, 0.05) is 23.7 Å². The summed E-state index contributed by atoms with van der Waals surface area (Å²) >= 11 is 1.80. The first-order chi connectivity index (χ1) is 10.2. The Kier molecular flexibility index (Phi) is 8.74. The maximum Gasteiger partial charge on any atom is 0.188 e. The Morgan fingerprint density at radius 3 is 2.90 bits per heavy atom. The molecule has 0 radical (unpaired) electrons. The fraction of sp³-hybridized carbons (Fsp3) is 0.562. The average molecular weight is 309 g/mol. The molecular weight excluding hydrogens is 282 g/mol. The number of ether oxygens (including phenoxy) is 1. The lowest BCUT2D eigenvalue weighted by Gasteiger charge is -2.11. The Labute approximate surface area is 132 Å². The molecule has 1 rings (SSSR count). The molecule has 0 aliphatic carbocycles. The van der Waals surface area contributed by atoms with Gasteiger partial charge in [-0.3, -0.25) is 4.99 Å². The van der Waals surface area contributed by atoms with Crippen molar-refractivity contribution in [2.45, 2.75) is 31.6 Å². The Hall–Kier alpha value is -1.36. The molecule has 0 bridgehead atoms. The number of benzene rings is 1. The van der Waals surface area contributed by atoms with Gasteiger partial charge in [0.15, 0.2) is 5.96 Å². The Morgan fingerprint density at radius 1 is 1.43 bits per heavy atom. The van der Waals surface area contributed by atoms with Crippen LogP contribution in [0.5, 0.6) is 5.75 Å². The highest BCUT2D eigenvalue weighted by molar-refractivity contribution is 7.99. The van der Waals surface area contributed by atoms with Gasteiger partial charge >= 0.3 is 0 Å². The predicted molar refractivity (Wildman–Crippen MR) is 92.3 cm³/mol. The third-order valence-corrected chi connectivity index (χ3v) is 4.39. The molecule has 4 nitrogen and oxygen atoms in total. The van der Waals surface area contributed by atoms with Crippen molar-refractivity contribution in [2.75, 3.05) is 26.0 Å². The number of nitrogens with one attached hydrogen (secondary N) is 1. The van der Waals surface area contributed by atoms with E-state index in [2.05, 4.69) is 30.2 Å². The number of thioether (sulfide) groups is 1. The van der Waals surface area contributed by atoms with Gasteiger partial charge in [0.25, 0.3) is 0 Å². The van der Waals surface area contributed by atoms with Crippen LogP contribution < -0.4 is 15.8 Å². The van der Waals surface area contributed by atoms with Crippen molar-refractivity contribution < 1.29 is 4.74 Å². The average Bonchev–Trinajstić information content (AvgIpc) is 2.51. The fourth-order valence-corrected chi connectivity index (χ4v) is 2.76. The van der Waals surface area contributed by atoms with Gasteiger partial charge < -0.3 is 15.8 Å². The number of aliphatic imine (C=N–C) groups is 1. The molecule has 0 fully saturated rings. The van der Waals surface area contributed by atoms with Gasteiger partial charge in [-0.25, -0.2) is 0 Å². The number of hydrogen-bond acceptors (Lipinski definition) is 3. The second-order valence-corrected chi connectivity index (χ2v) is 6.14. The van der Waals surface area contributed by atoms with E-state index in [9.17, 15) is 0 Å². The van der Waals surface area contributed by atoms with Crippen LogP contribution in [0.25, 0.3) is 0 Å². The largest absolute Gasteiger partial charge is 0.496 e. The topological polar surface area (TPSA) is 59.6 Å². The summed E-state index contributed by atoms with van der Waals surface area (Å²) in [7, 11) is 1.70. The first-order valence-corrected chi connectivity index (χ1v) is 8.45. The minimum absolute atomic E-state index is 0.464. The maximum absolute atomic E-state index is 5.83. The van der Waals surface area contributed by atoms with Crippen LogP contribution in [0.15, 0.2) is 34.2 Å². The zero-order chi connectivity index (χ0) is 15.5. The molecule has 1 atom stereocenters. The van der Waals surface area contributed by atoms with E-state index in [4.69, 9.17) is 10.5 Å². The normalized spacial score (nSPS) is 13.0. The van der Waals surface area contributed by atoms with Crippen molar-refractivity contribution in [3.63, 3.8) is 0 Å². The quantitative estimate of drug-likeness (QED) is 0.318. The van der Waals surface area contributed by atoms with Crippen LogP contribution in [-0.2, 0) is 0 Å². The number of para-hydroxylation sites is 1. The molecule has 1 aromatic carbocycles. The van der Waals surface area contributed by atoms with Crippen LogP contribution in [0.3, 0.4) is 0 Å². The highest BCUT2D eigenvalue weighted by Gasteiger charge is 2.06. The lowest BCUT2D eigenvalue weighted by atomic mass is 10.2. The van der Waals surface area contributed by atoms with Gasteiger partial charge in [0.05, 0.1) is 7.11 Å². The first-order valence-electron chi connectivity index (χ1n) is 7.47. The van der Waals surface area contributed by atoms with Gasteiger partial charge in [0.1, 0.15) is 5.75 Å². The third kappa shape index (κ3) is 7.27. The van der Waals surface area contributed by atoms with E-state index in [1.807, 2.05) is 18.2 Å². The molecule has 0 aliphatic rings. The summed E-state index contributed by atoms with van der Waals surface area (Å²) in [5.41, 5.74) is 5.83. The molecule has 1 aromatic rings. The summed E-state index contributed by atoms with van der Waals surface area (Å²) in [4.78, 5) is 5.56. The first kappa shape index (κ1) is 17.7. The molecule has 21 heavy (non-hydrogen) atoms. The Morgan fingerprint density at radius 2 is 2.19 bits per heavy atom. The Bertz CT molecular complexity index is 437. The number of guanidine groups is 1. The summed E-state index contributed by atoms with van der Waals surface area (Å²) in [5.74, 6) is 2.94. The molecule has 0 aromatic heterocycles. The summed E-state index contributed by atoms with van der Waals surface area (Å²) in [6, 6.07) is 8.09. The zero-order valence-electron chi connectivity index (χ0n) is 13.3. The molecule has 0 amide bonds. The minimum Gasteiger partial charge on any atom is -0.496 e. The van der Waals surface area contributed by atoms with Crippen molar-refractivity contribution in [3.8, 4) is 5.75 Å². The molecule has 0 saturated heterocycles. The maximum atomic E-state index is 5.83. The van der Waals surface area contributed by atoms with E-state index in [1.165, 1.54) is 4.90 Å². The van der Waals surface area contributed by atoms with E-state index < -0.39 is 0 Å². The molecule has 118 valence electrons. The number of nitrogens with zero attached hydrogens (tertiary/aromatic N) is 1. The third-order valence-electron chi connectivity index (χ3n) is 3.00. The van der Waals surface area contributed by atoms with Crippen LogP contribution >= 0.6 is 11.8 Å². The van der Waals surface area contributed by atoms with Crippen LogP contribution in [0.1, 0.15) is 26.7 Å². The summed E-state index contributed by atoms with van der Waals surface area (Å²) in [6.07, 6.45) is 2.28. The van der Waals surface area contributed by atoms with E-state index >= 15 is 0 Å². The molecule has 0 spiro atoms. The predicted octanol–water partition coefficient (Wildman–Crippen LogP) is 3.13. The lowest BCUT2D eigenvalue weighted by Crippen LogP contribution is -2.32. The van der Waals surface area contributed by atoms with Gasteiger partial charge in [-0.2, -0.15) is 0 Å². The number of rotatable bonds is 9. The summed E-state index contributed by atoms with van der Waals surface area (Å²) in [6.45, 7) is 5.99. The van der Waals surface area contributed by atoms with Crippen molar-refractivity contribution in [3.05, 3.63) is 24.3 Å². The number of unbranched alkanes of at least 4 members (excludes halogenated alkanes) is 1. The molecule has 0 heterocycles. The van der Waals surface area contributed by atoms with Crippen LogP contribution in [0, 0.1) is 5.92 Å². The van der Waals surface area contributed by atoms with E-state index in [-0.39, 0.29) is 0 Å². The van der Waals surface area contributed by atoms with Gasteiger partial charge in [-0.1, -0.05) is 32.4 Å². The number of nitrogens with two attached hydrogens (primary N) is 1. The SMILES string of the molecule is CCCCNC(N)=NCC(C)CSc1ccccc1OC. The molecule has 3 N–H and O–H groups in total. The minimum atomic E-state index is 0.464. The van der Waals surface area contributed by atoms with E-state index in [1.54, 1.807) is 18.9 Å². The Balaban J connectivity index is 2.33. The second kappa shape index (κ2) is 10.4. The van der Waals surface area contributed by atoms with Crippen LogP contribution in [0.4, 0.5) is 0 Å². The molecule has 5 heteroatoms. The van der Waals surface area contributed by atoms with Gasteiger partial charge in [-0.05, 0) is 24.5 Å². The highest BCUT2D eigenvalue weighted by Crippen LogP contribution is 2.29. The number of methoxy groups -OCH3 is 1. The standard InChI is InChI=1S/C16H27N3OS/c1-4-5-10-18-16(17)19-11-13(2)12-21-15-9-7-6-8-14(15)20-3/h6-9,13H,4-5,10-12H2,1-3H3,(H3,17,18,19). The second-order valence-electron chi connectivity index (χ2n) is 5.07. The summed E-state index contributed by atoms with van der Waals surface area (Å²) < 4.78 is 5.35. The van der Waals surface area contributed by atoms with Crippen LogP contribution in [0.2, 0.25) is 0 Å². The van der Waals surface area contributed by atoms with Crippen molar-refractivity contribution in [2.24, 2.45) is 16.6 Å². The monoisotopic (exact) mass is 309 g/mol. The molecule has 0 saturated carbocycles. The zero-order valence-corrected chi connectivity index (χ0v) is 14.1. The van der Waals surface area contributed by atoms with Crippen molar-refractivity contribution >= 4 is 17.7 Å². The fourth-order valence-electron chi connectivity index (χ4n) is 1.73. The molecule has 0 aliphatic heterocycles. The van der Waals surface area contributed by atoms with Crippen molar-refractivity contribution in [1.29, 1.82) is 0 Å². The number of hydrogen-bond donors (Lipinski definition) is 2.